The maximum absolute atomic E-state index is 13.7. The molecule has 172 valence electrons. The number of amides is 1. The van der Waals surface area contributed by atoms with Crippen molar-refractivity contribution in [1.82, 2.24) is 25.0 Å². The van der Waals surface area contributed by atoms with Crippen LogP contribution in [0, 0.1) is 5.41 Å². The topological polar surface area (TPSA) is 74.6 Å². The number of carbonyl (C=O) groups is 1. The maximum atomic E-state index is 13.7. The van der Waals surface area contributed by atoms with E-state index in [0.29, 0.717) is 12.1 Å². The lowest BCUT2D eigenvalue weighted by atomic mass is 9.42. The fraction of sp³-hybridized carbons (Fsp3) is 0.480. The highest BCUT2D eigenvalue weighted by molar-refractivity contribution is 5.94. The number of rotatable bonds is 8. The summed E-state index contributed by atoms with van der Waals surface area (Å²) in [6.07, 6.45) is 12.0. The van der Waals surface area contributed by atoms with E-state index in [0.717, 1.165) is 68.0 Å². The molecule has 33 heavy (non-hydrogen) atoms. The van der Waals surface area contributed by atoms with Crippen LogP contribution in [0.15, 0.2) is 43.0 Å². The molecule has 0 spiro atoms. The monoisotopic (exact) mass is 448 g/mol. The first-order valence-electron chi connectivity index (χ1n) is 11.8. The Hall–Kier alpha value is -3.00. The van der Waals surface area contributed by atoms with Gasteiger partial charge in [0.1, 0.15) is 11.3 Å². The molecule has 3 aliphatic carbocycles. The number of pyridine rings is 2. The van der Waals surface area contributed by atoms with Crippen molar-refractivity contribution in [3.8, 4) is 0 Å². The van der Waals surface area contributed by atoms with Crippen molar-refractivity contribution in [2.24, 2.45) is 5.41 Å². The van der Waals surface area contributed by atoms with Crippen molar-refractivity contribution in [3.63, 3.8) is 0 Å². The molecule has 3 aromatic heterocycles. The van der Waals surface area contributed by atoms with Crippen LogP contribution in [0.3, 0.4) is 0 Å². The molecule has 8 heteroatoms. The van der Waals surface area contributed by atoms with Crippen molar-refractivity contribution in [2.45, 2.75) is 50.9 Å². The number of nitrogens with zero attached hydrogens (tertiary/aromatic N) is 4. The molecule has 0 radical (unpaired) electrons. The molecule has 1 saturated heterocycles. The highest BCUT2D eigenvalue weighted by Gasteiger charge is 2.68. The van der Waals surface area contributed by atoms with Crippen LogP contribution in [0.5, 0.6) is 0 Å². The highest BCUT2D eigenvalue weighted by Crippen LogP contribution is 2.69. The van der Waals surface area contributed by atoms with Gasteiger partial charge < -0.3 is 19.9 Å². The van der Waals surface area contributed by atoms with Gasteiger partial charge in [-0.15, -0.1) is 0 Å². The van der Waals surface area contributed by atoms with Crippen molar-refractivity contribution >= 4 is 17.2 Å². The molecule has 7 nitrogen and oxygen atoms in total. The van der Waals surface area contributed by atoms with Gasteiger partial charge in [0.05, 0.1) is 29.7 Å². The Balaban J connectivity index is 1.05. The molecule has 4 aliphatic rings. The lowest BCUT2D eigenvalue weighted by Crippen LogP contribution is -2.67. The molecule has 7 rings (SSSR count). The Bertz CT molecular complexity index is 1180. The summed E-state index contributed by atoms with van der Waals surface area (Å²) in [5.41, 5.74) is 3.76. The molecule has 3 saturated carbocycles. The average molecular weight is 449 g/mol. The summed E-state index contributed by atoms with van der Waals surface area (Å²) in [5, 5.41) is 6.45. The molecule has 3 aromatic rings. The Morgan fingerprint density at radius 1 is 1.09 bits per heavy atom. The molecule has 1 amide bonds. The molecule has 1 aliphatic heterocycles. The minimum Gasteiger partial charge on any atom is -0.370 e. The molecule has 0 atom stereocenters. The first-order valence-corrected chi connectivity index (χ1v) is 11.8. The number of halogens is 1. The van der Waals surface area contributed by atoms with Crippen LogP contribution in [0.2, 0.25) is 0 Å². The summed E-state index contributed by atoms with van der Waals surface area (Å²) < 4.78 is 15.7. The number of anilines is 1. The molecule has 0 aromatic carbocycles. The van der Waals surface area contributed by atoms with E-state index in [1.165, 1.54) is 12.8 Å². The van der Waals surface area contributed by atoms with E-state index in [1.807, 2.05) is 28.9 Å². The average Bonchev–Trinajstić information content (AvgIpc) is 3.45. The third-order valence-corrected chi connectivity index (χ3v) is 7.35. The Morgan fingerprint density at radius 2 is 1.91 bits per heavy atom. The minimum atomic E-state index is -0.837. The third-order valence-electron chi connectivity index (χ3n) is 7.35. The molecular weight excluding hydrogens is 419 g/mol. The van der Waals surface area contributed by atoms with Crippen LogP contribution < -0.4 is 15.5 Å². The van der Waals surface area contributed by atoms with Crippen molar-refractivity contribution < 1.29 is 9.18 Å². The van der Waals surface area contributed by atoms with Gasteiger partial charge >= 0.3 is 0 Å². The molecule has 2 N–H and O–H groups in total. The van der Waals surface area contributed by atoms with E-state index in [1.54, 1.807) is 6.20 Å². The SMILES string of the molecule is O=C(NCc1cn2cc(CNCC34CC(F)(C3)C4)ccc2n1)c1cncc(N2CCCC2)c1. The van der Waals surface area contributed by atoms with Crippen molar-refractivity contribution in [2.75, 3.05) is 24.5 Å². The quantitative estimate of drug-likeness (QED) is 0.554. The normalized spacial score (nSPS) is 25.7. The summed E-state index contributed by atoms with van der Waals surface area (Å²) in [5.74, 6) is -0.144. The van der Waals surface area contributed by atoms with Crippen LogP contribution in [0.25, 0.3) is 5.65 Å². The van der Waals surface area contributed by atoms with Gasteiger partial charge in [0.15, 0.2) is 0 Å². The standard InChI is InChI=1S/C25H29FN6O/c26-25-14-24(15-25,16-25)17-28-8-18-3-4-22-30-20(13-32(22)12-18)10-29-23(33)19-7-21(11-27-9-19)31-5-1-2-6-31/h3-4,7,9,11-13,28H,1-2,5-6,8,10,14-17H2,(H,29,33). The summed E-state index contributed by atoms with van der Waals surface area (Å²) in [6.45, 7) is 4.03. The van der Waals surface area contributed by atoms with E-state index >= 15 is 0 Å². The van der Waals surface area contributed by atoms with Gasteiger partial charge in [-0.1, -0.05) is 6.07 Å². The van der Waals surface area contributed by atoms with E-state index in [9.17, 15) is 9.18 Å². The predicted octanol–water partition coefficient (Wildman–Crippen LogP) is 3.24. The second kappa shape index (κ2) is 7.80. The smallest absolute Gasteiger partial charge is 0.253 e. The van der Waals surface area contributed by atoms with E-state index in [2.05, 4.69) is 37.8 Å². The van der Waals surface area contributed by atoms with Gasteiger partial charge in [-0.2, -0.15) is 0 Å². The zero-order valence-corrected chi connectivity index (χ0v) is 18.7. The number of aromatic nitrogens is 3. The van der Waals surface area contributed by atoms with Gasteiger partial charge in [0.25, 0.3) is 5.91 Å². The van der Waals surface area contributed by atoms with E-state index in [4.69, 9.17) is 0 Å². The van der Waals surface area contributed by atoms with Gasteiger partial charge in [0.2, 0.25) is 0 Å². The van der Waals surface area contributed by atoms with Crippen LogP contribution in [0.1, 0.15) is 53.7 Å². The van der Waals surface area contributed by atoms with Gasteiger partial charge in [0, 0.05) is 44.8 Å². The van der Waals surface area contributed by atoms with Gasteiger partial charge in [-0.25, -0.2) is 9.37 Å². The van der Waals surface area contributed by atoms with Crippen molar-refractivity contribution in [1.29, 1.82) is 0 Å². The number of fused-ring (bicyclic) bond motifs is 1. The minimum absolute atomic E-state index is 0.144. The van der Waals surface area contributed by atoms with E-state index < -0.39 is 5.67 Å². The summed E-state index contributed by atoms with van der Waals surface area (Å²) >= 11 is 0. The number of alkyl halides is 1. The predicted molar refractivity (Wildman–Crippen MR) is 124 cm³/mol. The zero-order valence-electron chi connectivity index (χ0n) is 18.7. The number of hydrogen-bond acceptors (Lipinski definition) is 5. The second-order valence-electron chi connectivity index (χ2n) is 10.1. The molecule has 0 unspecified atom stereocenters. The summed E-state index contributed by atoms with van der Waals surface area (Å²) in [7, 11) is 0. The summed E-state index contributed by atoms with van der Waals surface area (Å²) in [6, 6.07) is 5.96. The molecule has 4 fully saturated rings. The fourth-order valence-electron chi connectivity index (χ4n) is 5.77. The van der Waals surface area contributed by atoms with Crippen LogP contribution in [0.4, 0.5) is 10.1 Å². The van der Waals surface area contributed by atoms with Crippen molar-refractivity contribution in [3.05, 3.63) is 59.8 Å². The first kappa shape index (κ1) is 20.6. The lowest BCUT2D eigenvalue weighted by Gasteiger charge is -2.66. The summed E-state index contributed by atoms with van der Waals surface area (Å²) in [4.78, 5) is 23.8. The van der Waals surface area contributed by atoms with E-state index in [-0.39, 0.29) is 11.3 Å². The number of nitrogens with one attached hydrogen (secondary N) is 2. The van der Waals surface area contributed by atoms with Crippen LogP contribution in [-0.2, 0) is 13.1 Å². The van der Waals surface area contributed by atoms with Crippen LogP contribution >= 0.6 is 0 Å². The third kappa shape index (κ3) is 3.97. The zero-order chi connectivity index (χ0) is 22.5. The maximum Gasteiger partial charge on any atom is 0.253 e. The Morgan fingerprint density at radius 3 is 2.70 bits per heavy atom. The number of carbonyl (C=O) groups excluding carboxylic acids is 1. The second-order valence-corrected chi connectivity index (χ2v) is 10.1. The number of imidazole rings is 1. The van der Waals surface area contributed by atoms with Gasteiger partial charge in [-0.05, 0) is 55.2 Å². The molecule has 4 heterocycles. The lowest BCUT2D eigenvalue weighted by molar-refractivity contribution is -0.209. The molecular formula is C25H29FN6O. The fourth-order valence-corrected chi connectivity index (χ4v) is 5.77. The molecule has 2 bridgehead atoms. The van der Waals surface area contributed by atoms with Gasteiger partial charge in [-0.3, -0.25) is 9.78 Å². The first-order chi connectivity index (χ1) is 16.0. The van der Waals surface area contributed by atoms with Crippen LogP contribution in [-0.4, -0.2) is 45.6 Å². The largest absolute Gasteiger partial charge is 0.370 e. The Labute approximate surface area is 192 Å². The number of hydrogen-bond donors (Lipinski definition) is 2. The Kier molecular flexibility index (Phi) is 4.87. The highest BCUT2D eigenvalue weighted by atomic mass is 19.1.